The van der Waals surface area contributed by atoms with Crippen LogP contribution in [0.3, 0.4) is 0 Å². The molecule has 1 N–H and O–H groups in total. The van der Waals surface area contributed by atoms with Gasteiger partial charge in [-0.1, -0.05) is 13.8 Å². The minimum absolute atomic E-state index is 0.305. The molecule has 0 aromatic carbocycles. The smallest absolute Gasteiger partial charge is 0.150 e. The Kier molecular flexibility index (Phi) is 3.67. The molecule has 5 heteroatoms. The zero-order chi connectivity index (χ0) is 13.2. The lowest BCUT2D eigenvalue weighted by molar-refractivity contribution is 0.400. The Morgan fingerprint density at radius 3 is 2.78 bits per heavy atom. The van der Waals surface area contributed by atoms with Crippen LogP contribution in [0.4, 0.5) is 0 Å². The molecule has 0 aliphatic heterocycles. The largest absolute Gasteiger partial charge is 0.302 e. The maximum Gasteiger partial charge on any atom is 0.150 e. The van der Waals surface area contributed by atoms with E-state index in [9.17, 15) is 5.26 Å². The lowest BCUT2D eigenvalue weighted by Crippen LogP contribution is -2.38. The molecule has 1 aromatic heterocycles. The van der Waals surface area contributed by atoms with Gasteiger partial charge in [-0.25, -0.2) is 9.67 Å². The summed E-state index contributed by atoms with van der Waals surface area (Å²) in [5.41, 5.74) is -0.381. The molecule has 0 saturated heterocycles. The highest BCUT2D eigenvalue weighted by Gasteiger charge is 2.40. The molecule has 1 aliphatic carbocycles. The molecule has 1 heterocycles. The standard InChI is InChI=1S/C13H21N5/c1-4-11-16-12(5-2)18(17-11)10-6-7-13(8-10,9-14)15-3/h10,15H,4-8H2,1-3H3. The molecule has 98 valence electrons. The van der Waals surface area contributed by atoms with Crippen LogP contribution in [0, 0.1) is 11.3 Å². The van der Waals surface area contributed by atoms with E-state index in [0.29, 0.717) is 6.04 Å². The minimum Gasteiger partial charge on any atom is -0.302 e. The third-order valence-corrected chi connectivity index (χ3v) is 3.91. The van der Waals surface area contributed by atoms with E-state index in [1.54, 1.807) is 0 Å². The van der Waals surface area contributed by atoms with Crippen molar-refractivity contribution in [2.75, 3.05) is 7.05 Å². The summed E-state index contributed by atoms with van der Waals surface area (Å²) in [4.78, 5) is 4.54. The monoisotopic (exact) mass is 247 g/mol. The van der Waals surface area contributed by atoms with Crippen LogP contribution in [0.25, 0.3) is 0 Å². The SMILES string of the molecule is CCc1nc(CC)n(C2CCC(C#N)(NC)C2)n1. The van der Waals surface area contributed by atoms with Gasteiger partial charge in [-0.15, -0.1) is 0 Å². The molecule has 0 spiro atoms. The van der Waals surface area contributed by atoms with Gasteiger partial charge in [0.1, 0.15) is 11.4 Å². The first kappa shape index (κ1) is 13.0. The van der Waals surface area contributed by atoms with Gasteiger partial charge in [0.05, 0.1) is 12.1 Å². The summed E-state index contributed by atoms with van der Waals surface area (Å²) in [5, 5.41) is 17.0. The fraction of sp³-hybridized carbons (Fsp3) is 0.769. The molecule has 2 unspecified atom stereocenters. The average Bonchev–Trinajstić information content (AvgIpc) is 3.02. The van der Waals surface area contributed by atoms with Gasteiger partial charge in [0.25, 0.3) is 0 Å². The van der Waals surface area contributed by atoms with Gasteiger partial charge in [0.15, 0.2) is 5.82 Å². The summed E-state index contributed by atoms with van der Waals surface area (Å²) in [5.74, 6) is 1.95. The molecule has 0 bridgehead atoms. The normalized spacial score (nSPS) is 27.3. The number of aryl methyl sites for hydroxylation is 2. The van der Waals surface area contributed by atoms with E-state index in [1.807, 2.05) is 7.05 Å². The molecule has 1 aliphatic rings. The number of hydrogen-bond donors (Lipinski definition) is 1. The van der Waals surface area contributed by atoms with Crippen LogP contribution >= 0.6 is 0 Å². The highest BCUT2D eigenvalue weighted by molar-refractivity contribution is 5.13. The lowest BCUT2D eigenvalue weighted by atomic mass is 10.0. The highest BCUT2D eigenvalue weighted by Crippen LogP contribution is 2.37. The van der Waals surface area contributed by atoms with E-state index in [-0.39, 0.29) is 5.54 Å². The summed E-state index contributed by atoms with van der Waals surface area (Å²) >= 11 is 0. The fourth-order valence-electron chi connectivity index (χ4n) is 2.70. The fourth-order valence-corrected chi connectivity index (χ4v) is 2.70. The zero-order valence-corrected chi connectivity index (χ0v) is 11.4. The molecule has 1 fully saturated rings. The van der Waals surface area contributed by atoms with Crippen molar-refractivity contribution < 1.29 is 0 Å². The van der Waals surface area contributed by atoms with Crippen LogP contribution in [0.5, 0.6) is 0 Å². The van der Waals surface area contributed by atoms with Crippen LogP contribution in [0.15, 0.2) is 0 Å². The van der Waals surface area contributed by atoms with E-state index in [2.05, 4.69) is 40.0 Å². The van der Waals surface area contributed by atoms with Crippen LogP contribution in [0.1, 0.15) is 50.8 Å². The molecule has 1 aromatic rings. The molecule has 2 atom stereocenters. The van der Waals surface area contributed by atoms with Crippen molar-refractivity contribution in [1.82, 2.24) is 20.1 Å². The number of nitrogens with one attached hydrogen (secondary N) is 1. The number of rotatable bonds is 4. The van der Waals surface area contributed by atoms with E-state index >= 15 is 0 Å². The van der Waals surface area contributed by atoms with Gasteiger partial charge in [0, 0.05) is 19.3 Å². The minimum atomic E-state index is -0.381. The van der Waals surface area contributed by atoms with E-state index in [0.717, 1.165) is 43.8 Å². The van der Waals surface area contributed by atoms with Crippen molar-refractivity contribution in [3.63, 3.8) is 0 Å². The van der Waals surface area contributed by atoms with Crippen LogP contribution in [0.2, 0.25) is 0 Å². The molecule has 5 nitrogen and oxygen atoms in total. The van der Waals surface area contributed by atoms with Gasteiger partial charge >= 0.3 is 0 Å². The number of hydrogen-bond acceptors (Lipinski definition) is 4. The van der Waals surface area contributed by atoms with E-state index < -0.39 is 0 Å². The van der Waals surface area contributed by atoms with Crippen molar-refractivity contribution >= 4 is 0 Å². The second-order valence-corrected chi connectivity index (χ2v) is 4.94. The number of nitriles is 1. The molecule has 2 rings (SSSR count). The Bertz CT molecular complexity index is 458. The third kappa shape index (κ3) is 2.13. The summed E-state index contributed by atoms with van der Waals surface area (Å²) < 4.78 is 2.05. The summed E-state index contributed by atoms with van der Waals surface area (Å²) in [6.07, 6.45) is 4.45. The Balaban J connectivity index is 2.24. The first-order chi connectivity index (χ1) is 8.68. The topological polar surface area (TPSA) is 66.5 Å². The lowest BCUT2D eigenvalue weighted by Gasteiger charge is -2.20. The Labute approximate surface area is 108 Å². The van der Waals surface area contributed by atoms with Gasteiger partial charge in [-0.05, 0) is 19.9 Å². The van der Waals surface area contributed by atoms with Crippen molar-refractivity contribution in [2.45, 2.75) is 57.5 Å². The molecule has 0 radical (unpaired) electrons. The second kappa shape index (κ2) is 5.07. The number of aromatic nitrogens is 3. The Morgan fingerprint density at radius 2 is 2.28 bits per heavy atom. The quantitative estimate of drug-likeness (QED) is 0.877. The molecule has 1 saturated carbocycles. The predicted molar refractivity (Wildman–Crippen MR) is 69.1 cm³/mol. The van der Waals surface area contributed by atoms with Crippen molar-refractivity contribution in [2.24, 2.45) is 0 Å². The van der Waals surface area contributed by atoms with Crippen molar-refractivity contribution in [3.8, 4) is 6.07 Å². The first-order valence-corrected chi connectivity index (χ1v) is 6.72. The van der Waals surface area contributed by atoms with Gasteiger partial charge in [-0.3, -0.25) is 0 Å². The predicted octanol–water partition coefficient (Wildman–Crippen LogP) is 1.61. The summed E-state index contributed by atoms with van der Waals surface area (Å²) in [6.45, 7) is 4.17. The zero-order valence-electron chi connectivity index (χ0n) is 11.4. The van der Waals surface area contributed by atoms with Gasteiger partial charge in [-0.2, -0.15) is 10.4 Å². The van der Waals surface area contributed by atoms with Crippen molar-refractivity contribution in [1.29, 1.82) is 5.26 Å². The third-order valence-electron chi connectivity index (χ3n) is 3.91. The molecule has 0 amide bonds. The van der Waals surface area contributed by atoms with E-state index in [4.69, 9.17) is 0 Å². The van der Waals surface area contributed by atoms with Gasteiger partial charge in [0.2, 0.25) is 0 Å². The average molecular weight is 247 g/mol. The first-order valence-electron chi connectivity index (χ1n) is 6.72. The Morgan fingerprint density at radius 1 is 1.50 bits per heavy atom. The Hall–Kier alpha value is -1.41. The van der Waals surface area contributed by atoms with Crippen LogP contribution < -0.4 is 5.32 Å². The van der Waals surface area contributed by atoms with Crippen LogP contribution in [-0.2, 0) is 12.8 Å². The second-order valence-electron chi connectivity index (χ2n) is 4.94. The maximum absolute atomic E-state index is 9.30. The summed E-state index contributed by atoms with van der Waals surface area (Å²) in [6, 6.07) is 2.72. The molecular weight excluding hydrogens is 226 g/mol. The maximum atomic E-state index is 9.30. The molecule has 18 heavy (non-hydrogen) atoms. The summed E-state index contributed by atoms with van der Waals surface area (Å²) in [7, 11) is 1.87. The van der Waals surface area contributed by atoms with Crippen molar-refractivity contribution in [3.05, 3.63) is 11.6 Å². The number of nitrogens with zero attached hydrogens (tertiary/aromatic N) is 4. The van der Waals surface area contributed by atoms with Gasteiger partial charge < -0.3 is 5.32 Å². The molecular formula is C13H21N5. The highest BCUT2D eigenvalue weighted by atomic mass is 15.4. The van der Waals surface area contributed by atoms with E-state index in [1.165, 1.54) is 0 Å². The van der Waals surface area contributed by atoms with Crippen LogP contribution in [-0.4, -0.2) is 27.4 Å².